The number of nitrogens with zero attached hydrogens (tertiary/aromatic N) is 3. The molecule has 28 heavy (non-hydrogen) atoms. The van der Waals surface area contributed by atoms with Crippen LogP contribution in [0.1, 0.15) is 60.7 Å². The van der Waals surface area contributed by atoms with E-state index in [9.17, 15) is 4.39 Å². The number of aromatic nitrogens is 3. The van der Waals surface area contributed by atoms with E-state index in [2.05, 4.69) is 20.3 Å². The standard InChI is InChI=1S/C22H27FN4O/c23-16-7-8-18-21(14-16)28-26-22(18)15-9-12-27(13-10-15)11-3-6-20-17-4-1-2-5-19(17)24-25-20/h7-8,14-15H,1-6,9-13H2,(H,24,25). The molecule has 1 aromatic carbocycles. The first kappa shape index (κ1) is 17.9. The summed E-state index contributed by atoms with van der Waals surface area (Å²) in [6.07, 6.45) is 9.35. The summed E-state index contributed by atoms with van der Waals surface area (Å²) in [4.78, 5) is 2.55. The average molecular weight is 382 g/mol. The van der Waals surface area contributed by atoms with Crippen molar-refractivity contribution in [1.82, 2.24) is 20.3 Å². The van der Waals surface area contributed by atoms with Crippen molar-refractivity contribution in [2.75, 3.05) is 19.6 Å². The number of likely N-dealkylation sites (tertiary alicyclic amines) is 1. The van der Waals surface area contributed by atoms with E-state index >= 15 is 0 Å². The summed E-state index contributed by atoms with van der Waals surface area (Å²) < 4.78 is 18.7. The number of rotatable bonds is 5. The van der Waals surface area contributed by atoms with Crippen LogP contribution < -0.4 is 0 Å². The smallest absolute Gasteiger partial charge is 0.170 e. The number of hydrogen-bond acceptors (Lipinski definition) is 4. The van der Waals surface area contributed by atoms with Gasteiger partial charge in [0.05, 0.1) is 11.4 Å². The Morgan fingerprint density at radius 3 is 2.93 bits per heavy atom. The van der Waals surface area contributed by atoms with E-state index in [1.165, 1.54) is 54.8 Å². The van der Waals surface area contributed by atoms with E-state index in [-0.39, 0.29) is 5.82 Å². The summed E-state index contributed by atoms with van der Waals surface area (Å²) >= 11 is 0. The summed E-state index contributed by atoms with van der Waals surface area (Å²) in [5.74, 6) is 0.129. The van der Waals surface area contributed by atoms with Crippen molar-refractivity contribution in [3.05, 3.63) is 46.7 Å². The Balaban J connectivity index is 1.14. The lowest BCUT2D eigenvalue weighted by molar-refractivity contribution is 0.207. The lowest BCUT2D eigenvalue weighted by atomic mass is 9.91. The van der Waals surface area contributed by atoms with E-state index in [1.807, 2.05) is 0 Å². The molecule has 0 atom stereocenters. The lowest BCUT2D eigenvalue weighted by Crippen LogP contribution is -2.34. The largest absolute Gasteiger partial charge is 0.356 e. The minimum atomic E-state index is -0.275. The SMILES string of the molecule is Fc1ccc2c(C3CCN(CCCc4n[nH]c5c4CCCC5)CC3)noc2c1. The second-order valence-electron chi connectivity index (χ2n) is 8.26. The van der Waals surface area contributed by atoms with Gasteiger partial charge in [0.25, 0.3) is 0 Å². The fourth-order valence-corrected chi connectivity index (χ4v) is 4.88. The number of hydrogen-bond donors (Lipinski definition) is 1. The summed E-state index contributed by atoms with van der Waals surface area (Å²) in [5.41, 5.74) is 5.73. The van der Waals surface area contributed by atoms with Crippen LogP contribution in [0.5, 0.6) is 0 Å². The molecule has 5 rings (SSSR count). The molecular weight excluding hydrogens is 355 g/mol. The lowest BCUT2D eigenvalue weighted by Gasteiger charge is -2.31. The topological polar surface area (TPSA) is 58.0 Å². The molecule has 1 fully saturated rings. The second-order valence-corrected chi connectivity index (χ2v) is 8.26. The molecule has 0 saturated carbocycles. The van der Waals surface area contributed by atoms with Gasteiger partial charge in [-0.25, -0.2) is 4.39 Å². The molecule has 2 aliphatic rings. The third kappa shape index (κ3) is 3.46. The molecule has 1 aliphatic carbocycles. The quantitative estimate of drug-likeness (QED) is 0.711. The molecule has 5 nitrogen and oxygen atoms in total. The average Bonchev–Trinajstić information content (AvgIpc) is 3.33. The van der Waals surface area contributed by atoms with E-state index in [1.54, 1.807) is 6.07 Å². The van der Waals surface area contributed by atoms with Gasteiger partial charge >= 0.3 is 0 Å². The van der Waals surface area contributed by atoms with Crippen LogP contribution in [0.25, 0.3) is 11.0 Å². The van der Waals surface area contributed by atoms with Gasteiger partial charge in [-0.05, 0) is 88.7 Å². The van der Waals surface area contributed by atoms with Gasteiger partial charge in [0.15, 0.2) is 5.58 Å². The Bertz CT molecular complexity index is 955. The molecule has 0 spiro atoms. The maximum atomic E-state index is 13.4. The van der Waals surface area contributed by atoms with Crippen LogP contribution in [0, 0.1) is 5.82 Å². The molecule has 0 bridgehead atoms. The van der Waals surface area contributed by atoms with Gasteiger partial charge in [0.1, 0.15) is 5.82 Å². The predicted molar refractivity (Wildman–Crippen MR) is 106 cm³/mol. The maximum absolute atomic E-state index is 13.4. The number of aromatic amines is 1. The maximum Gasteiger partial charge on any atom is 0.170 e. The van der Waals surface area contributed by atoms with E-state index in [0.29, 0.717) is 11.5 Å². The van der Waals surface area contributed by atoms with Crippen molar-refractivity contribution in [2.45, 2.75) is 57.3 Å². The minimum Gasteiger partial charge on any atom is -0.356 e. The third-order valence-corrected chi connectivity index (χ3v) is 6.47. The molecule has 0 radical (unpaired) electrons. The Hall–Kier alpha value is -2.21. The number of halogens is 1. The van der Waals surface area contributed by atoms with Crippen LogP contribution in [0.3, 0.4) is 0 Å². The van der Waals surface area contributed by atoms with Gasteiger partial charge in [-0.3, -0.25) is 5.10 Å². The van der Waals surface area contributed by atoms with Crippen molar-refractivity contribution in [1.29, 1.82) is 0 Å². The molecule has 3 heterocycles. The Kier molecular flexibility index (Phi) is 4.89. The molecule has 1 aliphatic heterocycles. The summed E-state index contributed by atoms with van der Waals surface area (Å²) in [7, 11) is 0. The number of H-pyrrole nitrogens is 1. The van der Waals surface area contributed by atoms with Crippen LogP contribution >= 0.6 is 0 Å². The molecule has 0 unspecified atom stereocenters. The van der Waals surface area contributed by atoms with Crippen LogP contribution in [-0.4, -0.2) is 39.9 Å². The third-order valence-electron chi connectivity index (χ3n) is 6.47. The van der Waals surface area contributed by atoms with Crippen molar-refractivity contribution in [3.63, 3.8) is 0 Å². The second kappa shape index (κ2) is 7.66. The molecule has 148 valence electrons. The normalized spacial score (nSPS) is 18.6. The zero-order valence-corrected chi connectivity index (χ0v) is 16.2. The molecule has 3 aromatic rings. The van der Waals surface area contributed by atoms with E-state index in [4.69, 9.17) is 4.52 Å². The first-order valence-electron chi connectivity index (χ1n) is 10.6. The molecule has 0 amide bonds. The Morgan fingerprint density at radius 1 is 1.18 bits per heavy atom. The summed E-state index contributed by atoms with van der Waals surface area (Å²) in [6, 6.07) is 4.72. The van der Waals surface area contributed by atoms with Crippen molar-refractivity contribution < 1.29 is 8.91 Å². The highest BCUT2D eigenvalue weighted by Gasteiger charge is 2.25. The zero-order chi connectivity index (χ0) is 18.9. The van der Waals surface area contributed by atoms with Gasteiger partial charge in [0, 0.05) is 23.1 Å². The summed E-state index contributed by atoms with van der Waals surface area (Å²) in [5, 5.41) is 13.0. The number of fused-ring (bicyclic) bond motifs is 2. The fourth-order valence-electron chi connectivity index (χ4n) is 4.88. The number of benzene rings is 1. The van der Waals surface area contributed by atoms with Gasteiger partial charge in [0.2, 0.25) is 0 Å². The van der Waals surface area contributed by atoms with Crippen LogP contribution in [-0.2, 0) is 19.3 Å². The Morgan fingerprint density at radius 2 is 2.04 bits per heavy atom. The number of aryl methyl sites for hydroxylation is 2. The van der Waals surface area contributed by atoms with E-state index in [0.717, 1.165) is 56.4 Å². The molecule has 1 N–H and O–H groups in total. The minimum absolute atomic E-state index is 0.275. The first-order valence-corrected chi connectivity index (χ1v) is 10.6. The van der Waals surface area contributed by atoms with Gasteiger partial charge in [-0.2, -0.15) is 5.10 Å². The highest BCUT2D eigenvalue weighted by molar-refractivity contribution is 5.79. The van der Waals surface area contributed by atoms with E-state index < -0.39 is 0 Å². The predicted octanol–water partition coefficient (Wildman–Crippen LogP) is 4.38. The van der Waals surface area contributed by atoms with Gasteiger partial charge in [-0.1, -0.05) is 5.16 Å². The van der Waals surface area contributed by atoms with Gasteiger partial charge in [-0.15, -0.1) is 0 Å². The summed E-state index contributed by atoms with van der Waals surface area (Å²) in [6.45, 7) is 3.29. The van der Waals surface area contributed by atoms with Crippen molar-refractivity contribution in [2.24, 2.45) is 0 Å². The number of nitrogens with one attached hydrogen (secondary N) is 1. The molecule has 1 saturated heterocycles. The number of piperidine rings is 1. The highest BCUT2D eigenvalue weighted by Crippen LogP contribution is 2.33. The zero-order valence-electron chi connectivity index (χ0n) is 16.2. The molecular formula is C22H27FN4O. The molecule has 6 heteroatoms. The highest BCUT2D eigenvalue weighted by atomic mass is 19.1. The monoisotopic (exact) mass is 382 g/mol. The van der Waals surface area contributed by atoms with Crippen molar-refractivity contribution >= 4 is 11.0 Å². The van der Waals surface area contributed by atoms with Gasteiger partial charge < -0.3 is 9.42 Å². The molecule has 2 aromatic heterocycles. The van der Waals surface area contributed by atoms with Crippen LogP contribution in [0.4, 0.5) is 4.39 Å². The van der Waals surface area contributed by atoms with Crippen LogP contribution in [0.2, 0.25) is 0 Å². The van der Waals surface area contributed by atoms with Crippen molar-refractivity contribution in [3.8, 4) is 0 Å². The Labute approximate surface area is 164 Å². The fraction of sp³-hybridized carbons (Fsp3) is 0.545. The van der Waals surface area contributed by atoms with Crippen LogP contribution in [0.15, 0.2) is 22.7 Å². The first-order chi connectivity index (χ1) is 13.8.